The van der Waals surface area contributed by atoms with Gasteiger partial charge in [0.2, 0.25) is 0 Å². The molecule has 0 spiro atoms. The average Bonchev–Trinajstić information content (AvgIpc) is 2.08. The standard InChI is InChI=1S/C10H13NO.ClH/c1-12-9-3-2-7-4-8(6-11)10(7)5-9;/h2-3,5,8H,4,6,11H2,1H3;1H. The highest BCUT2D eigenvalue weighted by molar-refractivity contribution is 5.85. The Morgan fingerprint density at radius 2 is 2.31 bits per heavy atom. The Kier molecular flexibility index (Phi) is 3.17. The number of nitrogens with two attached hydrogens (primary N) is 1. The van der Waals surface area contributed by atoms with E-state index >= 15 is 0 Å². The van der Waals surface area contributed by atoms with Crippen molar-refractivity contribution in [2.24, 2.45) is 5.73 Å². The molecule has 1 aliphatic carbocycles. The summed E-state index contributed by atoms with van der Waals surface area (Å²) >= 11 is 0. The first-order valence-corrected chi connectivity index (χ1v) is 4.22. The van der Waals surface area contributed by atoms with Crippen molar-refractivity contribution in [1.29, 1.82) is 0 Å². The fourth-order valence-corrected chi connectivity index (χ4v) is 1.72. The van der Waals surface area contributed by atoms with E-state index in [-0.39, 0.29) is 12.4 Å². The molecule has 0 fully saturated rings. The van der Waals surface area contributed by atoms with Crippen LogP contribution >= 0.6 is 12.4 Å². The first kappa shape index (κ1) is 10.4. The van der Waals surface area contributed by atoms with Gasteiger partial charge in [0.1, 0.15) is 5.75 Å². The van der Waals surface area contributed by atoms with Gasteiger partial charge in [-0.2, -0.15) is 0 Å². The summed E-state index contributed by atoms with van der Waals surface area (Å²) in [5, 5.41) is 0. The SMILES string of the molecule is COc1ccc2c(c1)C(CN)C2.Cl. The summed E-state index contributed by atoms with van der Waals surface area (Å²) in [6.45, 7) is 0.750. The molecule has 72 valence electrons. The Balaban J connectivity index is 0.000000845. The van der Waals surface area contributed by atoms with Crippen molar-refractivity contribution in [3.05, 3.63) is 29.3 Å². The zero-order chi connectivity index (χ0) is 8.55. The highest BCUT2D eigenvalue weighted by Gasteiger charge is 2.24. The molecule has 0 radical (unpaired) electrons. The van der Waals surface area contributed by atoms with E-state index in [4.69, 9.17) is 10.5 Å². The van der Waals surface area contributed by atoms with E-state index in [1.807, 2.05) is 6.07 Å². The lowest BCUT2D eigenvalue weighted by Crippen LogP contribution is -2.24. The summed E-state index contributed by atoms with van der Waals surface area (Å²) in [6, 6.07) is 6.22. The molecule has 2 N–H and O–H groups in total. The molecule has 0 amide bonds. The van der Waals surface area contributed by atoms with Crippen molar-refractivity contribution in [1.82, 2.24) is 0 Å². The van der Waals surface area contributed by atoms with Crippen molar-refractivity contribution in [2.75, 3.05) is 13.7 Å². The van der Waals surface area contributed by atoms with Crippen molar-refractivity contribution in [3.8, 4) is 5.75 Å². The monoisotopic (exact) mass is 199 g/mol. The number of methoxy groups -OCH3 is 1. The van der Waals surface area contributed by atoms with Crippen LogP contribution in [0.25, 0.3) is 0 Å². The van der Waals surface area contributed by atoms with Crippen LogP contribution in [0.2, 0.25) is 0 Å². The molecular weight excluding hydrogens is 186 g/mol. The molecule has 0 bridgehead atoms. The third-order valence-electron chi connectivity index (χ3n) is 2.54. The minimum absolute atomic E-state index is 0. The van der Waals surface area contributed by atoms with Crippen LogP contribution in [0.5, 0.6) is 5.75 Å². The number of benzene rings is 1. The van der Waals surface area contributed by atoms with Crippen LogP contribution in [0, 0.1) is 0 Å². The zero-order valence-corrected chi connectivity index (χ0v) is 8.43. The lowest BCUT2D eigenvalue weighted by atomic mass is 9.77. The fourth-order valence-electron chi connectivity index (χ4n) is 1.72. The van der Waals surface area contributed by atoms with E-state index in [9.17, 15) is 0 Å². The van der Waals surface area contributed by atoms with Gasteiger partial charge < -0.3 is 10.5 Å². The molecule has 0 heterocycles. The maximum Gasteiger partial charge on any atom is 0.119 e. The van der Waals surface area contributed by atoms with E-state index in [0.717, 1.165) is 18.7 Å². The summed E-state index contributed by atoms with van der Waals surface area (Å²) in [6.07, 6.45) is 1.13. The average molecular weight is 200 g/mol. The predicted octanol–water partition coefficient (Wildman–Crippen LogP) is 1.72. The Bertz CT molecular complexity index is 301. The summed E-state index contributed by atoms with van der Waals surface area (Å²) in [5.41, 5.74) is 8.39. The molecule has 2 rings (SSSR count). The first-order chi connectivity index (χ1) is 5.85. The Morgan fingerprint density at radius 3 is 2.92 bits per heavy atom. The molecule has 1 aromatic carbocycles. The van der Waals surface area contributed by atoms with Crippen LogP contribution in [-0.4, -0.2) is 13.7 Å². The summed E-state index contributed by atoms with van der Waals surface area (Å²) in [5.74, 6) is 1.50. The van der Waals surface area contributed by atoms with Gasteiger partial charge in [-0.3, -0.25) is 0 Å². The van der Waals surface area contributed by atoms with Crippen LogP contribution in [0.3, 0.4) is 0 Å². The van der Waals surface area contributed by atoms with Gasteiger partial charge in [-0.1, -0.05) is 6.07 Å². The smallest absolute Gasteiger partial charge is 0.119 e. The van der Waals surface area contributed by atoms with Gasteiger partial charge >= 0.3 is 0 Å². The number of hydrogen-bond acceptors (Lipinski definition) is 2. The van der Waals surface area contributed by atoms with E-state index in [0.29, 0.717) is 5.92 Å². The summed E-state index contributed by atoms with van der Waals surface area (Å²) in [7, 11) is 1.69. The van der Waals surface area contributed by atoms with Crippen molar-refractivity contribution in [2.45, 2.75) is 12.3 Å². The van der Waals surface area contributed by atoms with E-state index in [1.54, 1.807) is 7.11 Å². The molecule has 1 aromatic rings. The molecule has 0 saturated carbocycles. The highest BCUT2D eigenvalue weighted by atomic mass is 35.5. The number of hydrogen-bond donors (Lipinski definition) is 1. The second-order valence-electron chi connectivity index (χ2n) is 3.20. The fraction of sp³-hybridized carbons (Fsp3) is 0.400. The summed E-state index contributed by atoms with van der Waals surface area (Å²) < 4.78 is 5.14. The van der Waals surface area contributed by atoms with Crippen LogP contribution in [-0.2, 0) is 6.42 Å². The molecule has 3 heteroatoms. The maximum atomic E-state index is 5.60. The molecular formula is C10H14ClNO. The molecule has 13 heavy (non-hydrogen) atoms. The van der Waals surface area contributed by atoms with Gasteiger partial charge in [-0.15, -0.1) is 12.4 Å². The molecule has 1 unspecified atom stereocenters. The number of fused-ring (bicyclic) bond motifs is 1. The number of ether oxygens (including phenoxy) is 1. The van der Waals surface area contributed by atoms with Gasteiger partial charge in [0.15, 0.2) is 0 Å². The van der Waals surface area contributed by atoms with E-state index < -0.39 is 0 Å². The Hall–Kier alpha value is -0.730. The van der Waals surface area contributed by atoms with E-state index in [1.165, 1.54) is 11.1 Å². The molecule has 0 aromatic heterocycles. The minimum Gasteiger partial charge on any atom is -0.497 e. The lowest BCUT2D eigenvalue weighted by molar-refractivity contribution is 0.412. The van der Waals surface area contributed by atoms with E-state index in [2.05, 4.69) is 12.1 Å². The van der Waals surface area contributed by atoms with Gasteiger partial charge in [0.05, 0.1) is 7.11 Å². The van der Waals surface area contributed by atoms with Crippen LogP contribution in [0.1, 0.15) is 17.0 Å². The van der Waals surface area contributed by atoms with Gasteiger partial charge in [0.25, 0.3) is 0 Å². The molecule has 2 nitrogen and oxygen atoms in total. The normalized spacial score (nSPS) is 18.2. The van der Waals surface area contributed by atoms with Crippen LogP contribution in [0.4, 0.5) is 0 Å². The minimum atomic E-state index is 0. The van der Waals surface area contributed by atoms with Gasteiger partial charge in [-0.25, -0.2) is 0 Å². The van der Waals surface area contributed by atoms with Crippen LogP contribution in [0.15, 0.2) is 18.2 Å². The quantitative estimate of drug-likeness (QED) is 0.787. The molecule has 1 atom stereocenters. The van der Waals surface area contributed by atoms with Gasteiger partial charge in [-0.05, 0) is 36.2 Å². The zero-order valence-electron chi connectivity index (χ0n) is 7.62. The third-order valence-corrected chi connectivity index (χ3v) is 2.54. The van der Waals surface area contributed by atoms with Crippen molar-refractivity contribution < 1.29 is 4.74 Å². The number of halogens is 1. The van der Waals surface area contributed by atoms with Crippen LogP contribution < -0.4 is 10.5 Å². The largest absolute Gasteiger partial charge is 0.497 e. The Labute approximate surface area is 84.5 Å². The summed E-state index contributed by atoms with van der Waals surface area (Å²) in [4.78, 5) is 0. The molecule has 0 aliphatic heterocycles. The first-order valence-electron chi connectivity index (χ1n) is 4.22. The van der Waals surface area contributed by atoms with Crippen molar-refractivity contribution in [3.63, 3.8) is 0 Å². The van der Waals surface area contributed by atoms with Crippen molar-refractivity contribution >= 4 is 12.4 Å². The second kappa shape index (κ2) is 3.99. The number of rotatable bonds is 2. The lowest BCUT2D eigenvalue weighted by Gasteiger charge is -2.29. The third kappa shape index (κ3) is 1.64. The molecule has 0 saturated heterocycles. The molecule has 1 aliphatic rings. The highest BCUT2D eigenvalue weighted by Crippen LogP contribution is 2.36. The maximum absolute atomic E-state index is 5.60. The Morgan fingerprint density at radius 1 is 1.54 bits per heavy atom. The second-order valence-corrected chi connectivity index (χ2v) is 3.20. The predicted molar refractivity (Wildman–Crippen MR) is 55.7 cm³/mol. The topological polar surface area (TPSA) is 35.2 Å². The van der Waals surface area contributed by atoms with Gasteiger partial charge in [0, 0.05) is 5.92 Å².